The Hall–Kier alpha value is -1.58. The second kappa shape index (κ2) is 5.81. The highest BCUT2D eigenvalue weighted by Crippen LogP contribution is 2.32. The molecule has 1 aliphatic carbocycles. The molecule has 2 aromatic heterocycles. The zero-order valence-electron chi connectivity index (χ0n) is 12.4. The van der Waals surface area contributed by atoms with Gasteiger partial charge in [-0.3, -0.25) is 0 Å². The fraction of sp³-hybridized carbons (Fsp3) is 0.625. The van der Waals surface area contributed by atoms with E-state index in [1.165, 1.54) is 43.1 Å². The lowest BCUT2D eigenvalue weighted by molar-refractivity contribution is 0.462. The molecule has 2 aromatic rings. The number of H-pyrrole nitrogens is 1. The van der Waals surface area contributed by atoms with Crippen LogP contribution in [0.3, 0.4) is 0 Å². The van der Waals surface area contributed by atoms with E-state index in [4.69, 9.17) is 0 Å². The summed E-state index contributed by atoms with van der Waals surface area (Å²) in [5.74, 6) is 1.54. The Morgan fingerprint density at radius 1 is 1.30 bits per heavy atom. The van der Waals surface area contributed by atoms with Gasteiger partial charge >= 0.3 is 0 Å². The molecule has 0 aromatic carbocycles. The first kappa shape index (κ1) is 13.4. The molecule has 20 heavy (non-hydrogen) atoms. The number of nitrogens with zero attached hydrogens (tertiary/aromatic N) is 2. The smallest absolute Gasteiger partial charge is 0.143 e. The van der Waals surface area contributed by atoms with Gasteiger partial charge < -0.3 is 10.3 Å². The Morgan fingerprint density at radius 3 is 2.85 bits per heavy atom. The van der Waals surface area contributed by atoms with Gasteiger partial charge in [0, 0.05) is 12.2 Å². The van der Waals surface area contributed by atoms with Crippen LogP contribution in [0.15, 0.2) is 12.5 Å². The maximum absolute atomic E-state index is 4.51. The van der Waals surface area contributed by atoms with Gasteiger partial charge in [-0.15, -0.1) is 0 Å². The van der Waals surface area contributed by atoms with Crippen LogP contribution < -0.4 is 5.32 Å². The Kier molecular flexibility index (Phi) is 3.90. The average Bonchev–Trinajstić information content (AvgIpc) is 2.93. The van der Waals surface area contributed by atoms with Crippen molar-refractivity contribution >= 4 is 16.9 Å². The van der Waals surface area contributed by atoms with Crippen molar-refractivity contribution in [3.63, 3.8) is 0 Å². The fourth-order valence-electron chi connectivity index (χ4n) is 3.15. The van der Waals surface area contributed by atoms with Crippen LogP contribution in [-0.4, -0.2) is 21.0 Å². The minimum absolute atomic E-state index is 0.529. The summed E-state index contributed by atoms with van der Waals surface area (Å²) in [6, 6.07) is 0.571. The number of rotatable bonds is 4. The highest BCUT2D eigenvalue weighted by Gasteiger charge is 2.18. The molecular weight excluding hydrogens is 248 g/mol. The van der Waals surface area contributed by atoms with Crippen LogP contribution in [0.2, 0.25) is 0 Å². The molecule has 2 heterocycles. The molecule has 1 atom stereocenters. The number of hydrogen-bond donors (Lipinski definition) is 2. The van der Waals surface area contributed by atoms with E-state index < -0.39 is 0 Å². The van der Waals surface area contributed by atoms with E-state index in [0.717, 1.165) is 17.9 Å². The van der Waals surface area contributed by atoms with Gasteiger partial charge in [0.05, 0.1) is 5.39 Å². The summed E-state index contributed by atoms with van der Waals surface area (Å²) in [5, 5.41) is 4.85. The first-order valence-electron chi connectivity index (χ1n) is 7.88. The first-order chi connectivity index (χ1) is 9.79. The molecule has 2 N–H and O–H groups in total. The van der Waals surface area contributed by atoms with E-state index in [2.05, 4.69) is 40.3 Å². The lowest BCUT2D eigenvalue weighted by Gasteiger charge is -2.23. The van der Waals surface area contributed by atoms with Crippen molar-refractivity contribution in [2.75, 3.05) is 5.32 Å². The summed E-state index contributed by atoms with van der Waals surface area (Å²) < 4.78 is 0. The molecule has 1 fully saturated rings. The van der Waals surface area contributed by atoms with Crippen LogP contribution in [0, 0.1) is 0 Å². The van der Waals surface area contributed by atoms with Crippen molar-refractivity contribution in [3.05, 3.63) is 18.1 Å². The van der Waals surface area contributed by atoms with E-state index in [1.54, 1.807) is 6.33 Å². The predicted octanol–water partition coefficient (Wildman–Crippen LogP) is 4.22. The van der Waals surface area contributed by atoms with Crippen LogP contribution in [0.25, 0.3) is 11.0 Å². The predicted molar refractivity (Wildman–Crippen MR) is 83.1 cm³/mol. The van der Waals surface area contributed by atoms with Crippen LogP contribution in [-0.2, 0) is 0 Å². The second-order valence-corrected chi connectivity index (χ2v) is 5.98. The maximum atomic E-state index is 4.51. The van der Waals surface area contributed by atoms with Gasteiger partial charge in [0.1, 0.15) is 17.8 Å². The molecule has 1 aliphatic rings. The molecule has 3 rings (SSSR count). The molecule has 4 heteroatoms. The SMILES string of the molecule is CCC(C)c1c[nH]c2ncnc(NC3CCCCC3)c12. The Balaban J connectivity index is 1.94. The summed E-state index contributed by atoms with van der Waals surface area (Å²) in [4.78, 5) is 12.2. The third kappa shape index (κ3) is 2.51. The Morgan fingerprint density at radius 2 is 2.10 bits per heavy atom. The average molecular weight is 272 g/mol. The zero-order chi connectivity index (χ0) is 13.9. The second-order valence-electron chi connectivity index (χ2n) is 5.98. The largest absolute Gasteiger partial charge is 0.367 e. The Bertz CT molecular complexity index is 569. The molecule has 108 valence electrons. The quantitative estimate of drug-likeness (QED) is 0.876. The van der Waals surface area contributed by atoms with Crippen LogP contribution >= 0.6 is 0 Å². The van der Waals surface area contributed by atoms with Crippen molar-refractivity contribution in [1.82, 2.24) is 15.0 Å². The van der Waals surface area contributed by atoms with Crippen LogP contribution in [0.1, 0.15) is 63.9 Å². The van der Waals surface area contributed by atoms with Crippen LogP contribution in [0.5, 0.6) is 0 Å². The van der Waals surface area contributed by atoms with Gasteiger partial charge in [0.2, 0.25) is 0 Å². The molecule has 0 radical (unpaired) electrons. The molecule has 1 saturated carbocycles. The molecule has 0 aliphatic heterocycles. The van der Waals surface area contributed by atoms with Crippen molar-refractivity contribution < 1.29 is 0 Å². The van der Waals surface area contributed by atoms with Gasteiger partial charge in [-0.25, -0.2) is 9.97 Å². The lowest BCUT2D eigenvalue weighted by atomic mass is 9.95. The normalized spacial score (nSPS) is 18.3. The number of aromatic nitrogens is 3. The zero-order valence-corrected chi connectivity index (χ0v) is 12.4. The van der Waals surface area contributed by atoms with E-state index >= 15 is 0 Å². The third-order valence-electron chi connectivity index (χ3n) is 4.59. The number of aromatic amines is 1. The molecule has 1 unspecified atom stereocenters. The number of hydrogen-bond acceptors (Lipinski definition) is 3. The lowest BCUT2D eigenvalue weighted by Crippen LogP contribution is -2.23. The van der Waals surface area contributed by atoms with E-state index in [0.29, 0.717) is 12.0 Å². The minimum Gasteiger partial charge on any atom is -0.367 e. The van der Waals surface area contributed by atoms with E-state index in [9.17, 15) is 0 Å². The van der Waals surface area contributed by atoms with Gasteiger partial charge in [-0.1, -0.05) is 33.1 Å². The standard InChI is InChI=1S/C16H24N4/c1-3-11(2)13-9-17-15-14(13)16(19-10-18-15)20-12-7-5-4-6-8-12/h9-12H,3-8H2,1-2H3,(H2,17,18,19,20). The van der Waals surface area contributed by atoms with E-state index in [-0.39, 0.29) is 0 Å². The molecule has 0 spiro atoms. The molecule has 0 bridgehead atoms. The van der Waals surface area contributed by atoms with Gasteiger partial charge in [-0.05, 0) is 30.7 Å². The third-order valence-corrected chi connectivity index (χ3v) is 4.59. The van der Waals surface area contributed by atoms with Gasteiger partial charge in [0.15, 0.2) is 0 Å². The summed E-state index contributed by atoms with van der Waals surface area (Å²) in [7, 11) is 0. The fourth-order valence-corrected chi connectivity index (χ4v) is 3.15. The monoisotopic (exact) mass is 272 g/mol. The highest BCUT2D eigenvalue weighted by atomic mass is 15.1. The van der Waals surface area contributed by atoms with Crippen molar-refractivity contribution in [2.45, 2.75) is 64.3 Å². The van der Waals surface area contributed by atoms with E-state index in [1.807, 2.05) is 0 Å². The van der Waals surface area contributed by atoms with Crippen molar-refractivity contribution in [2.24, 2.45) is 0 Å². The van der Waals surface area contributed by atoms with Gasteiger partial charge in [0.25, 0.3) is 0 Å². The molecular formula is C16H24N4. The van der Waals surface area contributed by atoms with Gasteiger partial charge in [-0.2, -0.15) is 0 Å². The number of fused-ring (bicyclic) bond motifs is 1. The van der Waals surface area contributed by atoms with Crippen molar-refractivity contribution in [1.29, 1.82) is 0 Å². The highest BCUT2D eigenvalue weighted by molar-refractivity contribution is 5.90. The Labute approximate surface area is 120 Å². The topological polar surface area (TPSA) is 53.6 Å². The molecule has 0 saturated heterocycles. The van der Waals surface area contributed by atoms with Crippen LogP contribution in [0.4, 0.5) is 5.82 Å². The number of anilines is 1. The number of nitrogens with one attached hydrogen (secondary N) is 2. The summed E-state index contributed by atoms with van der Waals surface area (Å²) in [5.41, 5.74) is 2.29. The summed E-state index contributed by atoms with van der Waals surface area (Å²) in [6.45, 7) is 4.49. The molecule has 0 amide bonds. The summed E-state index contributed by atoms with van der Waals surface area (Å²) in [6.07, 6.45) is 11.4. The van der Waals surface area contributed by atoms with Crippen molar-refractivity contribution in [3.8, 4) is 0 Å². The maximum Gasteiger partial charge on any atom is 0.143 e. The molecule has 4 nitrogen and oxygen atoms in total. The minimum atomic E-state index is 0.529. The summed E-state index contributed by atoms with van der Waals surface area (Å²) >= 11 is 0. The first-order valence-corrected chi connectivity index (χ1v) is 7.88.